The van der Waals surface area contributed by atoms with Gasteiger partial charge >= 0.3 is 5.97 Å². The zero-order chi connectivity index (χ0) is 15.4. The molecule has 2 aromatic rings. The van der Waals surface area contributed by atoms with Crippen molar-refractivity contribution in [2.24, 2.45) is 0 Å². The van der Waals surface area contributed by atoms with Gasteiger partial charge in [0.15, 0.2) is 5.75 Å². The van der Waals surface area contributed by atoms with Crippen molar-refractivity contribution in [2.75, 3.05) is 12.4 Å². The minimum atomic E-state index is -0.935. The Morgan fingerprint density at radius 1 is 1.33 bits per heavy atom. The Morgan fingerprint density at radius 2 is 2.00 bits per heavy atom. The molecule has 0 amide bonds. The van der Waals surface area contributed by atoms with E-state index in [0.29, 0.717) is 17.3 Å². The number of methoxy groups -OCH3 is 1. The third-order valence-electron chi connectivity index (χ3n) is 2.90. The highest BCUT2D eigenvalue weighted by molar-refractivity contribution is 9.10. The topological polar surface area (TPSA) is 58.6 Å². The van der Waals surface area contributed by atoms with Crippen LogP contribution in [0.4, 0.5) is 5.69 Å². The number of ether oxygens (including phenoxy) is 1. The average Bonchev–Trinajstić information content (AvgIpc) is 2.45. The summed E-state index contributed by atoms with van der Waals surface area (Å²) < 4.78 is 6.09. The van der Waals surface area contributed by atoms with Gasteiger partial charge in [0, 0.05) is 11.6 Å². The molecule has 0 aromatic heterocycles. The van der Waals surface area contributed by atoms with Crippen LogP contribution in [-0.4, -0.2) is 18.2 Å². The minimum absolute atomic E-state index is 0.266. The molecule has 110 valence electrons. The van der Waals surface area contributed by atoms with Crippen molar-refractivity contribution < 1.29 is 14.6 Å². The van der Waals surface area contributed by atoms with E-state index in [9.17, 15) is 4.79 Å². The molecule has 0 saturated heterocycles. The molecule has 2 N–H and O–H groups in total. The van der Waals surface area contributed by atoms with Gasteiger partial charge in [-0.2, -0.15) is 0 Å². The van der Waals surface area contributed by atoms with Gasteiger partial charge in [0.1, 0.15) is 0 Å². The van der Waals surface area contributed by atoms with Crippen molar-refractivity contribution in [1.29, 1.82) is 0 Å². The molecule has 0 atom stereocenters. The zero-order valence-corrected chi connectivity index (χ0v) is 13.5. The number of nitrogens with one attached hydrogen (secondary N) is 1. The first kappa shape index (κ1) is 15.7. The van der Waals surface area contributed by atoms with Gasteiger partial charge in [-0.3, -0.25) is 0 Å². The first-order valence-electron chi connectivity index (χ1n) is 6.10. The predicted molar refractivity (Wildman–Crippen MR) is 86.4 cm³/mol. The molecule has 0 aliphatic heterocycles. The van der Waals surface area contributed by atoms with Crippen LogP contribution in [0.1, 0.15) is 15.9 Å². The molecule has 6 heteroatoms. The van der Waals surface area contributed by atoms with Gasteiger partial charge in [-0.15, -0.1) is 0 Å². The summed E-state index contributed by atoms with van der Waals surface area (Å²) in [4.78, 5) is 10.8. The predicted octanol–water partition coefficient (Wildman–Crippen LogP) is 4.42. The Morgan fingerprint density at radius 3 is 2.57 bits per heavy atom. The summed E-state index contributed by atoms with van der Waals surface area (Å²) >= 11 is 9.42. The second-order valence-corrected chi connectivity index (χ2v) is 5.61. The summed E-state index contributed by atoms with van der Waals surface area (Å²) in [5, 5.41) is 12.7. The maximum atomic E-state index is 10.8. The summed E-state index contributed by atoms with van der Waals surface area (Å²) in [5.74, 6) is -0.267. The lowest BCUT2D eigenvalue weighted by molar-refractivity contribution is 0.0697. The fraction of sp³-hybridized carbons (Fsp3) is 0.133. The molecular weight excluding hydrogens is 358 g/mol. The normalized spacial score (nSPS) is 10.2. The number of benzene rings is 2. The Kier molecular flexibility index (Phi) is 5.09. The molecular formula is C15H13BrClNO3. The van der Waals surface area contributed by atoms with E-state index in [1.807, 2.05) is 0 Å². The Balaban J connectivity index is 2.14. The molecule has 0 aliphatic carbocycles. The van der Waals surface area contributed by atoms with E-state index >= 15 is 0 Å². The van der Waals surface area contributed by atoms with E-state index in [2.05, 4.69) is 21.2 Å². The quantitative estimate of drug-likeness (QED) is 0.818. The van der Waals surface area contributed by atoms with Crippen molar-refractivity contribution in [3.05, 3.63) is 57.0 Å². The number of carbonyl (C=O) groups is 1. The van der Waals surface area contributed by atoms with Gasteiger partial charge in [-0.1, -0.05) is 23.7 Å². The molecule has 0 saturated carbocycles. The molecule has 0 fully saturated rings. The first-order chi connectivity index (χ1) is 10.0. The average molecular weight is 371 g/mol. The fourth-order valence-corrected chi connectivity index (χ4v) is 2.83. The second kappa shape index (κ2) is 6.83. The molecule has 0 radical (unpaired) electrons. The van der Waals surface area contributed by atoms with Crippen LogP contribution in [0, 0.1) is 0 Å². The lowest BCUT2D eigenvalue weighted by atomic mass is 10.1. The lowest BCUT2D eigenvalue weighted by Crippen LogP contribution is -2.03. The van der Waals surface area contributed by atoms with Gasteiger partial charge in [-0.05, 0) is 45.8 Å². The van der Waals surface area contributed by atoms with Crippen LogP contribution in [0.2, 0.25) is 5.02 Å². The van der Waals surface area contributed by atoms with Gasteiger partial charge in [0.05, 0.1) is 22.8 Å². The van der Waals surface area contributed by atoms with Crippen molar-refractivity contribution in [3.63, 3.8) is 0 Å². The molecule has 0 aliphatic rings. The number of rotatable bonds is 5. The van der Waals surface area contributed by atoms with E-state index in [1.165, 1.54) is 0 Å². The third-order valence-corrected chi connectivity index (χ3v) is 3.70. The number of anilines is 1. The highest BCUT2D eigenvalue weighted by atomic mass is 79.9. The Hall–Kier alpha value is -1.72. The van der Waals surface area contributed by atoms with Crippen LogP contribution in [0.15, 0.2) is 40.9 Å². The summed E-state index contributed by atoms with van der Waals surface area (Å²) in [6, 6.07) is 10.2. The monoisotopic (exact) mass is 369 g/mol. The smallest absolute Gasteiger partial charge is 0.335 e. The molecule has 0 spiro atoms. The first-order valence-corrected chi connectivity index (χ1v) is 7.27. The maximum absolute atomic E-state index is 10.8. The van der Waals surface area contributed by atoms with Gasteiger partial charge in [0.2, 0.25) is 0 Å². The molecule has 4 nitrogen and oxygen atoms in total. The van der Waals surface area contributed by atoms with Gasteiger partial charge in [-0.25, -0.2) is 4.79 Å². The molecule has 0 bridgehead atoms. The summed E-state index contributed by atoms with van der Waals surface area (Å²) in [5.41, 5.74) is 1.99. The highest BCUT2D eigenvalue weighted by Gasteiger charge is 2.09. The van der Waals surface area contributed by atoms with E-state index in [1.54, 1.807) is 43.5 Å². The summed E-state index contributed by atoms with van der Waals surface area (Å²) in [6.45, 7) is 0.531. The molecule has 21 heavy (non-hydrogen) atoms. The van der Waals surface area contributed by atoms with Crippen molar-refractivity contribution >= 4 is 39.2 Å². The zero-order valence-electron chi connectivity index (χ0n) is 11.2. The minimum Gasteiger partial charge on any atom is -0.493 e. The number of carboxylic acid groups (broad SMARTS) is 1. The number of hydrogen-bond acceptors (Lipinski definition) is 3. The summed E-state index contributed by atoms with van der Waals surface area (Å²) in [7, 11) is 1.58. The number of halogens is 2. The maximum Gasteiger partial charge on any atom is 0.335 e. The Bertz CT molecular complexity index is 659. The molecule has 0 heterocycles. The van der Waals surface area contributed by atoms with Crippen molar-refractivity contribution in [2.45, 2.75) is 6.54 Å². The second-order valence-electron chi connectivity index (χ2n) is 4.32. The van der Waals surface area contributed by atoms with E-state index in [-0.39, 0.29) is 5.56 Å². The number of aromatic carboxylic acids is 1. The highest BCUT2D eigenvalue weighted by Crippen LogP contribution is 2.36. The third kappa shape index (κ3) is 3.89. The van der Waals surface area contributed by atoms with Crippen LogP contribution >= 0.6 is 27.5 Å². The standard InChI is InChI=1S/C15H13BrClNO3/c1-21-14-12(16)6-11(17)7-13(14)18-8-9-2-4-10(5-3-9)15(19)20/h2-7,18H,8H2,1H3,(H,19,20). The van der Waals surface area contributed by atoms with Crippen LogP contribution < -0.4 is 10.1 Å². The van der Waals surface area contributed by atoms with Crippen LogP contribution in [-0.2, 0) is 6.54 Å². The lowest BCUT2D eigenvalue weighted by Gasteiger charge is -2.13. The SMILES string of the molecule is COc1c(Br)cc(Cl)cc1NCc1ccc(C(=O)O)cc1. The van der Waals surface area contributed by atoms with Crippen LogP contribution in [0.5, 0.6) is 5.75 Å². The molecule has 2 aromatic carbocycles. The van der Waals surface area contributed by atoms with Gasteiger partial charge < -0.3 is 15.2 Å². The molecule has 0 unspecified atom stereocenters. The largest absolute Gasteiger partial charge is 0.493 e. The van der Waals surface area contributed by atoms with Gasteiger partial charge in [0.25, 0.3) is 0 Å². The Labute approximate surface area is 135 Å². The van der Waals surface area contributed by atoms with E-state index in [0.717, 1.165) is 15.7 Å². The van der Waals surface area contributed by atoms with E-state index < -0.39 is 5.97 Å². The van der Waals surface area contributed by atoms with Crippen molar-refractivity contribution in [3.8, 4) is 5.75 Å². The summed E-state index contributed by atoms with van der Waals surface area (Å²) in [6.07, 6.45) is 0. The van der Waals surface area contributed by atoms with Crippen LogP contribution in [0.3, 0.4) is 0 Å². The van der Waals surface area contributed by atoms with E-state index in [4.69, 9.17) is 21.4 Å². The number of carboxylic acids is 1. The van der Waals surface area contributed by atoms with Crippen molar-refractivity contribution in [1.82, 2.24) is 0 Å². The number of hydrogen-bond donors (Lipinski definition) is 2. The molecule has 2 rings (SSSR count). The fourth-order valence-electron chi connectivity index (χ4n) is 1.86. The van der Waals surface area contributed by atoms with Crippen LogP contribution in [0.25, 0.3) is 0 Å².